The molecule has 146 valence electrons. The number of rotatable bonds is 4. The largest absolute Gasteiger partial charge is 0.497 e. The summed E-state index contributed by atoms with van der Waals surface area (Å²) in [6.45, 7) is 2.75. The van der Waals surface area contributed by atoms with Crippen molar-refractivity contribution in [2.75, 3.05) is 13.7 Å². The molecule has 0 saturated heterocycles. The van der Waals surface area contributed by atoms with Gasteiger partial charge in [-0.25, -0.2) is 9.97 Å². The molecule has 4 aromatic rings. The van der Waals surface area contributed by atoms with Crippen molar-refractivity contribution < 1.29 is 4.74 Å². The van der Waals surface area contributed by atoms with Gasteiger partial charge in [-0.1, -0.05) is 0 Å². The van der Waals surface area contributed by atoms with Crippen LogP contribution in [-0.4, -0.2) is 38.1 Å². The number of hydrogen-bond donors (Lipinski definition) is 0. The molecule has 0 fully saturated rings. The van der Waals surface area contributed by atoms with Crippen LogP contribution in [0.2, 0.25) is 0 Å². The third-order valence-electron chi connectivity index (χ3n) is 5.62. The summed E-state index contributed by atoms with van der Waals surface area (Å²) in [7, 11) is 3.81. The van der Waals surface area contributed by atoms with Crippen LogP contribution in [0.3, 0.4) is 0 Å². The van der Waals surface area contributed by atoms with E-state index in [2.05, 4.69) is 44.8 Å². The van der Waals surface area contributed by atoms with E-state index < -0.39 is 0 Å². The normalized spacial score (nSPS) is 14.1. The summed E-state index contributed by atoms with van der Waals surface area (Å²) in [6, 6.07) is 10.2. The van der Waals surface area contributed by atoms with Crippen molar-refractivity contribution in [3.63, 3.8) is 0 Å². The molecule has 1 aliphatic heterocycles. The molecule has 3 aromatic heterocycles. The van der Waals surface area contributed by atoms with Gasteiger partial charge in [-0.15, -0.1) is 0 Å². The summed E-state index contributed by atoms with van der Waals surface area (Å²) in [5.41, 5.74) is 5.92. The molecular weight excluding hydrogens is 362 g/mol. The average Bonchev–Trinajstić information content (AvgIpc) is 3.08. The second-order valence-electron chi connectivity index (χ2n) is 7.51. The number of benzene rings is 1. The van der Waals surface area contributed by atoms with E-state index in [0.717, 1.165) is 48.9 Å². The van der Waals surface area contributed by atoms with Crippen molar-refractivity contribution in [3.8, 4) is 17.1 Å². The van der Waals surface area contributed by atoms with Gasteiger partial charge >= 0.3 is 0 Å². The van der Waals surface area contributed by atoms with E-state index in [1.165, 1.54) is 22.0 Å². The summed E-state index contributed by atoms with van der Waals surface area (Å²) in [4.78, 5) is 15.9. The van der Waals surface area contributed by atoms with Gasteiger partial charge in [-0.05, 0) is 35.9 Å². The maximum Gasteiger partial charge on any atom is 0.159 e. The van der Waals surface area contributed by atoms with Crippen LogP contribution in [0.4, 0.5) is 0 Å². The van der Waals surface area contributed by atoms with Crippen LogP contribution in [-0.2, 0) is 26.6 Å². The molecule has 0 atom stereocenters. The van der Waals surface area contributed by atoms with Crippen LogP contribution < -0.4 is 4.74 Å². The van der Waals surface area contributed by atoms with E-state index in [0.29, 0.717) is 0 Å². The Morgan fingerprint density at radius 2 is 2.00 bits per heavy atom. The number of aryl methyl sites for hydroxylation is 1. The number of fused-ring (bicyclic) bond motifs is 2. The van der Waals surface area contributed by atoms with E-state index in [-0.39, 0.29) is 0 Å². The van der Waals surface area contributed by atoms with Gasteiger partial charge in [0.15, 0.2) is 5.82 Å². The molecule has 0 aliphatic carbocycles. The summed E-state index contributed by atoms with van der Waals surface area (Å²) >= 11 is 0. The minimum absolute atomic E-state index is 0.778. The zero-order valence-corrected chi connectivity index (χ0v) is 16.7. The standard InChI is InChI=1S/C23H23N5O/c1-27-13-18(20-11-19(29-2)3-4-22(20)27)15-28-10-7-21-17(14-28)12-25-23(26-21)16-5-8-24-9-6-16/h3-6,8-9,11-13H,7,10,14-15H2,1-2H3. The molecule has 0 amide bonds. The molecule has 6 heteroatoms. The van der Waals surface area contributed by atoms with Gasteiger partial charge in [0.2, 0.25) is 0 Å². The van der Waals surface area contributed by atoms with Crippen LogP contribution in [0.15, 0.2) is 55.1 Å². The minimum Gasteiger partial charge on any atom is -0.497 e. The fourth-order valence-corrected chi connectivity index (χ4v) is 4.10. The maximum absolute atomic E-state index is 5.43. The molecule has 6 nitrogen and oxygen atoms in total. The van der Waals surface area contributed by atoms with Crippen LogP contribution in [0, 0.1) is 0 Å². The topological polar surface area (TPSA) is 56.1 Å². The van der Waals surface area contributed by atoms with Crippen molar-refractivity contribution in [1.82, 2.24) is 24.4 Å². The minimum atomic E-state index is 0.778. The van der Waals surface area contributed by atoms with Crippen LogP contribution in [0.5, 0.6) is 5.75 Å². The van der Waals surface area contributed by atoms with Crippen LogP contribution in [0.1, 0.15) is 16.8 Å². The molecule has 0 N–H and O–H groups in total. The molecule has 0 saturated carbocycles. The van der Waals surface area contributed by atoms with E-state index >= 15 is 0 Å². The zero-order valence-electron chi connectivity index (χ0n) is 16.7. The lowest BCUT2D eigenvalue weighted by molar-refractivity contribution is 0.243. The fourth-order valence-electron chi connectivity index (χ4n) is 4.10. The third kappa shape index (κ3) is 3.36. The highest BCUT2D eigenvalue weighted by atomic mass is 16.5. The van der Waals surface area contributed by atoms with Crippen molar-refractivity contribution in [2.45, 2.75) is 19.5 Å². The molecule has 29 heavy (non-hydrogen) atoms. The van der Waals surface area contributed by atoms with Crippen molar-refractivity contribution in [1.29, 1.82) is 0 Å². The average molecular weight is 385 g/mol. The Hall–Kier alpha value is -3.25. The monoisotopic (exact) mass is 385 g/mol. The summed E-state index contributed by atoms with van der Waals surface area (Å²) in [5.74, 6) is 1.67. The first-order valence-electron chi connectivity index (χ1n) is 9.81. The molecule has 4 heterocycles. The van der Waals surface area contributed by atoms with Crippen molar-refractivity contribution >= 4 is 10.9 Å². The Labute approximate surface area is 169 Å². The molecule has 5 rings (SSSR count). The molecule has 0 spiro atoms. The van der Waals surface area contributed by atoms with Gasteiger partial charge in [-0.2, -0.15) is 0 Å². The smallest absolute Gasteiger partial charge is 0.159 e. The third-order valence-corrected chi connectivity index (χ3v) is 5.62. The first kappa shape index (κ1) is 17.8. The molecule has 0 radical (unpaired) electrons. The number of hydrogen-bond acceptors (Lipinski definition) is 5. The highest BCUT2D eigenvalue weighted by Gasteiger charge is 2.20. The van der Waals surface area contributed by atoms with Gasteiger partial charge in [0.25, 0.3) is 0 Å². The molecule has 0 unspecified atom stereocenters. The quantitative estimate of drug-likeness (QED) is 0.537. The van der Waals surface area contributed by atoms with Gasteiger partial charge < -0.3 is 9.30 Å². The summed E-state index contributed by atoms with van der Waals surface area (Å²) in [5, 5.41) is 1.25. The van der Waals surface area contributed by atoms with E-state index in [1.807, 2.05) is 24.4 Å². The number of methoxy groups -OCH3 is 1. The number of aromatic nitrogens is 4. The van der Waals surface area contributed by atoms with Crippen molar-refractivity contribution in [2.24, 2.45) is 7.05 Å². The molecule has 1 aliphatic rings. The van der Waals surface area contributed by atoms with Gasteiger partial charge in [-0.3, -0.25) is 9.88 Å². The summed E-state index contributed by atoms with van der Waals surface area (Å²) in [6.07, 6.45) is 8.70. The molecule has 1 aromatic carbocycles. The number of nitrogens with zero attached hydrogens (tertiary/aromatic N) is 5. The Kier molecular flexibility index (Phi) is 4.48. The molecule has 0 bridgehead atoms. The zero-order chi connectivity index (χ0) is 19.8. The molecular formula is C23H23N5O. The lowest BCUT2D eigenvalue weighted by atomic mass is 10.1. The Balaban J connectivity index is 1.38. The van der Waals surface area contributed by atoms with Crippen molar-refractivity contribution in [3.05, 3.63) is 71.9 Å². The first-order chi connectivity index (χ1) is 14.2. The number of pyridine rings is 1. The highest BCUT2D eigenvalue weighted by Crippen LogP contribution is 2.28. The Bertz CT molecular complexity index is 1170. The number of ether oxygens (including phenoxy) is 1. The fraction of sp³-hybridized carbons (Fsp3) is 0.261. The predicted molar refractivity (Wildman–Crippen MR) is 113 cm³/mol. The lowest BCUT2D eigenvalue weighted by Gasteiger charge is -2.28. The lowest BCUT2D eigenvalue weighted by Crippen LogP contribution is -2.30. The van der Waals surface area contributed by atoms with Gasteiger partial charge in [0.05, 0.1) is 12.8 Å². The SMILES string of the molecule is COc1ccc2c(c1)c(CN1CCc3nc(-c4ccncc4)ncc3C1)cn2C. The second-order valence-corrected chi connectivity index (χ2v) is 7.51. The van der Waals surface area contributed by atoms with Crippen LogP contribution >= 0.6 is 0 Å². The van der Waals surface area contributed by atoms with Gasteiger partial charge in [0, 0.05) is 79.9 Å². The maximum atomic E-state index is 5.43. The van der Waals surface area contributed by atoms with Crippen LogP contribution in [0.25, 0.3) is 22.3 Å². The van der Waals surface area contributed by atoms with E-state index in [1.54, 1.807) is 19.5 Å². The first-order valence-corrected chi connectivity index (χ1v) is 9.81. The Morgan fingerprint density at radius 1 is 1.14 bits per heavy atom. The van der Waals surface area contributed by atoms with Gasteiger partial charge in [0.1, 0.15) is 5.75 Å². The second kappa shape index (κ2) is 7.29. The Morgan fingerprint density at radius 3 is 2.83 bits per heavy atom. The highest BCUT2D eigenvalue weighted by molar-refractivity contribution is 5.85. The predicted octanol–water partition coefficient (Wildman–Crippen LogP) is 3.60. The van der Waals surface area contributed by atoms with E-state index in [4.69, 9.17) is 9.72 Å². The summed E-state index contributed by atoms with van der Waals surface area (Å²) < 4.78 is 7.61. The van der Waals surface area contributed by atoms with E-state index in [9.17, 15) is 0 Å².